The Balaban J connectivity index is 1.29. The predicted molar refractivity (Wildman–Crippen MR) is 135 cm³/mol. The molecule has 0 saturated carbocycles. The van der Waals surface area contributed by atoms with Gasteiger partial charge in [0.2, 0.25) is 0 Å². The van der Waals surface area contributed by atoms with E-state index in [2.05, 4.69) is 9.80 Å². The zero-order valence-corrected chi connectivity index (χ0v) is 20.9. The summed E-state index contributed by atoms with van der Waals surface area (Å²) in [6.45, 7) is 7.35. The molecule has 0 amide bonds. The van der Waals surface area contributed by atoms with Crippen molar-refractivity contribution in [3.8, 4) is 5.75 Å². The maximum Gasteiger partial charge on any atom is 0.310 e. The first-order valence-electron chi connectivity index (χ1n) is 11.1. The number of carbonyl (C=O) groups excluding carboxylic acids is 1. The molecule has 0 bridgehead atoms. The van der Waals surface area contributed by atoms with E-state index in [1.54, 1.807) is 24.3 Å². The molecule has 1 aromatic heterocycles. The highest BCUT2D eigenvalue weighted by Gasteiger charge is 2.18. The number of thiazole rings is 1. The van der Waals surface area contributed by atoms with E-state index in [-0.39, 0.29) is 12.4 Å². The van der Waals surface area contributed by atoms with Crippen molar-refractivity contribution >= 4 is 55.9 Å². The van der Waals surface area contributed by atoms with Crippen molar-refractivity contribution in [1.29, 1.82) is 0 Å². The summed E-state index contributed by atoms with van der Waals surface area (Å²) in [7, 11) is 0. The molecule has 9 heteroatoms. The molecule has 0 unspecified atom stereocenters. The molecular formula is C24H27Cl2N3O3S. The van der Waals surface area contributed by atoms with E-state index in [1.165, 1.54) is 0 Å². The highest BCUT2D eigenvalue weighted by atomic mass is 35.5. The highest BCUT2D eigenvalue weighted by Crippen LogP contribution is 2.31. The van der Waals surface area contributed by atoms with Crippen LogP contribution in [0.4, 0.5) is 5.13 Å². The van der Waals surface area contributed by atoms with Gasteiger partial charge in [0.1, 0.15) is 12.4 Å². The van der Waals surface area contributed by atoms with Gasteiger partial charge in [0.15, 0.2) is 5.13 Å². The smallest absolute Gasteiger partial charge is 0.310 e. The standard InChI is InChI=1S/C24H27Cl2N3O3S/c1-2-31-23(30)15-17-4-6-19(26)21(14-17)32-13-12-28-8-3-9-29(11-10-28)24-27-20-7-5-18(25)16-22(20)33-24/h4-7,14,16H,2-3,8-13,15H2,1H3. The van der Waals surface area contributed by atoms with Crippen LogP contribution in [0.1, 0.15) is 18.9 Å². The van der Waals surface area contributed by atoms with E-state index in [9.17, 15) is 4.79 Å². The third-order valence-corrected chi connectivity index (χ3v) is 7.14. The van der Waals surface area contributed by atoms with Crippen molar-refractivity contribution in [3.05, 3.63) is 52.0 Å². The Bertz CT molecular complexity index is 1110. The van der Waals surface area contributed by atoms with E-state index in [1.807, 2.05) is 30.3 Å². The zero-order valence-electron chi connectivity index (χ0n) is 18.6. The van der Waals surface area contributed by atoms with Crippen LogP contribution in [-0.4, -0.2) is 61.8 Å². The summed E-state index contributed by atoms with van der Waals surface area (Å²) in [6, 6.07) is 11.3. The summed E-state index contributed by atoms with van der Waals surface area (Å²) in [5.41, 5.74) is 1.83. The minimum absolute atomic E-state index is 0.210. The second-order valence-electron chi connectivity index (χ2n) is 7.89. The Kier molecular flexibility index (Phi) is 8.30. The predicted octanol–water partition coefficient (Wildman–Crippen LogP) is 5.30. The molecule has 0 aliphatic carbocycles. The number of fused-ring (bicyclic) bond motifs is 1. The van der Waals surface area contributed by atoms with Crippen molar-refractivity contribution < 1.29 is 14.3 Å². The van der Waals surface area contributed by atoms with Crippen LogP contribution in [0.15, 0.2) is 36.4 Å². The van der Waals surface area contributed by atoms with Gasteiger partial charge < -0.3 is 14.4 Å². The van der Waals surface area contributed by atoms with Gasteiger partial charge in [0, 0.05) is 37.7 Å². The summed E-state index contributed by atoms with van der Waals surface area (Å²) in [5, 5.41) is 2.34. The average molecular weight is 508 g/mol. The molecule has 3 aromatic rings. The minimum Gasteiger partial charge on any atom is -0.491 e. The van der Waals surface area contributed by atoms with E-state index in [0.717, 1.165) is 65.1 Å². The van der Waals surface area contributed by atoms with Gasteiger partial charge in [-0.2, -0.15) is 0 Å². The van der Waals surface area contributed by atoms with Crippen molar-refractivity contribution in [1.82, 2.24) is 9.88 Å². The number of esters is 1. The van der Waals surface area contributed by atoms with Gasteiger partial charge in [-0.3, -0.25) is 9.69 Å². The molecular weight excluding hydrogens is 481 g/mol. The van der Waals surface area contributed by atoms with Crippen molar-refractivity contribution in [2.75, 3.05) is 50.8 Å². The van der Waals surface area contributed by atoms with Gasteiger partial charge in [-0.1, -0.05) is 40.6 Å². The van der Waals surface area contributed by atoms with Crippen LogP contribution in [0, 0.1) is 0 Å². The number of rotatable bonds is 8. The first kappa shape index (κ1) is 24.1. The number of anilines is 1. The molecule has 6 nitrogen and oxygen atoms in total. The molecule has 1 fully saturated rings. The number of ether oxygens (including phenoxy) is 2. The van der Waals surface area contributed by atoms with E-state index < -0.39 is 0 Å². The maximum atomic E-state index is 11.7. The van der Waals surface area contributed by atoms with Crippen LogP contribution in [-0.2, 0) is 16.0 Å². The van der Waals surface area contributed by atoms with Crippen molar-refractivity contribution in [2.45, 2.75) is 19.8 Å². The molecule has 2 heterocycles. The first-order chi connectivity index (χ1) is 16.0. The fourth-order valence-electron chi connectivity index (χ4n) is 3.84. The number of aromatic nitrogens is 1. The second-order valence-corrected chi connectivity index (χ2v) is 9.74. The Morgan fingerprint density at radius 3 is 2.85 bits per heavy atom. The molecule has 2 aromatic carbocycles. The first-order valence-corrected chi connectivity index (χ1v) is 12.7. The average Bonchev–Trinajstić information content (AvgIpc) is 3.06. The number of halogens is 2. The quantitative estimate of drug-likeness (QED) is 0.385. The van der Waals surface area contributed by atoms with Gasteiger partial charge in [0.05, 0.1) is 28.3 Å². The lowest BCUT2D eigenvalue weighted by atomic mass is 10.1. The third-order valence-electron chi connectivity index (χ3n) is 5.51. The summed E-state index contributed by atoms with van der Waals surface area (Å²) in [6.07, 6.45) is 1.27. The van der Waals surface area contributed by atoms with E-state index in [0.29, 0.717) is 24.0 Å². The number of hydrogen-bond donors (Lipinski definition) is 0. The number of hydrogen-bond acceptors (Lipinski definition) is 7. The molecule has 0 N–H and O–H groups in total. The molecule has 0 radical (unpaired) electrons. The van der Waals surface area contributed by atoms with Gasteiger partial charge in [-0.15, -0.1) is 0 Å². The Hall–Kier alpha value is -2.06. The van der Waals surface area contributed by atoms with Crippen LogP contribution in [0.2, 0.25) is 10.0 Å². The van der Waals surface area contributed by atoms with Crippen LogP contribution in [0.25, 0.3) is 10.2 Å². The molecule has 176 valence electrons. The fourth-order valence-corrected chi connectivity index (χ4v) is 5.30. The summed E-state index contributed by atoms with van der Waals surface area (Å²) < 4.78 is 12.1. The monoisotopic (exact) mass is 507 g/mol. The van der Waals surface area contributed by atoms with Gasteiger partial charge in [-0.05, 0) is 49.2 Å². The summed E-state index contributed by atoms with van der Waals surface area (Å²) in [4.78, 5) is 21.3. The van der Waals surface area contributed by atoms with Crippen LogP contribution in [0.3, 0.4) is 0 Å². The van der Waals surface area contributed by atoms with Crippen LogP contribution < -0.4 is 9.64 Å². The Morgan fingerprint density at radius 1 is 1.12 bits per heavy atom. The summed E-state index contributed by atoms with van der Waals surface area (Å²) in [5.74, 6) is 0.346. The second kappa shape index (κ2) is 11.4. The third kappa shape index (κ3) is 6.51. The molecule has 0 atom stereocenters. The Labute approximate surface area is 208 Å². The Morgan fingerprint density at radius 2 is 2.00 bits per heavy atom. The fraction of sp³-hybridized carbons (Fsp3) is 0.417. The molecule has 33 heavy (non-hydrogen) atoms. The highest BCUT2D eigenvalue weighted by molar-refractivity contribution is 7.22. The van der Waals surface area contributed by atoms with Crippen molar-refractivity contribution in [2.24, 2.45) is 0 Å². The van der Waals surface area contributed by atoms with Gasteiger partial charge in [0.25, 0.3) is 0 Å². The SMILES string of the molecule is CCOC(=O)Cc1ccc(Cl)c(OCCN2CCCN(c3nc4ccc(Cl)cc4s3)CC2)c1. The minimum atomic E-state index is -0.254. The van der Waals surface area contributed by atoms with Crippen LogP contribution in [0.5, 0.6) is 5.75 Å². The van der Waals surface area contributed by atoms with Gasteiger partial charge in [-0.25, -0.2) is 4.98 Å². The lowest BCUT2D eigenvalue weighted by molar-refractivity contribution is -0.142. The number of carbonyl (C=O) groups is 1. The number of nitrogens with zero attached hydrogens (tertiary/aromatic N) is 3. The maximum absolute atomic E-state index is 11.7. The molecule has 1 aliphatic heterocycles. The largest absolute Gasteiger partial charge is 0.491 e. The normalized spacial score (nSPS) is 14.9. The lowest BCUT2D eigenvalue weighted by Gasteiger charge is -2.21. The van der Waals surface area contributed by atoms with Gasteiger partial charge >= 0.3 is 5.97 Å². The zero-order chi connectivity index (χ0) is 23.2. The van der Waals surface area contributed by atoms with E-state index >= 15 is 0 Å². The molecule has 1 saturated heterocycles. The number of benzene rings is 2. The lowest BCUT2D eigenvalue weighted by Crippen LogP contribution is -2.33. The molecule has 4 rings (SSSR count). The van der Waals surface area contributed by atoms with E-state index in [4.69, 9.17) is 37.7 Å². The molecule has 0 spiro atoms. The summed E-state index contributed by atoms with van der Waals surface area (Å²) >= 11 is 14.1. The van der Waals surface area contributed by atoms with Crippen LogP contribution >= 0.6 is 34.5 Å². The van der Waals surface area contributed by atoms with Crippen molar-refractivity contribution in [3.63, 3.8) is 0 Å². The molecule has 1 aliphatic rings. The topological polar surface area (TPSA) is 54.9 Å².